The summed E-state index contributed by atoms with van der Waals surface area (Å²) < 4.78 is 32.7. The highest BCUT2D eigenvalue weighted by Gasteiger charge is 2.23. The number of anilines is 2. The Labute approximate surface area is 156 Å². The Hall–Kier alpha value is -3.33. The van der Waals surface area contributed by atoms with E-state index in [-0.39, 0.29) is 22.3 Å². The molecule has 0 aliphatic rings. The summed E-state index contributed by atoms with van der Waals surface area (Å²) in [7, 11) is -3.96. The molecule has 0 unspecified atom stereocenters. The van der Waals surface area contributed by atoms with E-state index in [1.807, 2.05) is 0 Å². The SMILES string of the molecule is C[C@@H](Nc1ccc(S(=O)(=O)Nc2ccccc2)cc1[N+](=O)[O-])c1ccco1. The number of para-hydroxylation sites is 1. The lowest BCUT2D eigenvalue weighted by molar-refractivity contribution is -0.384. The molecule has 0 bridgehead atoms. The first-order chi connectivity index (χ1) is 12.9. The summed E-state index contributed by atoms with van der Waals surface area (Å²) in [6, 6.07) is 15.1. The van der Waals surface area contributed by atoms with Crippen LogP contribution < -0.4 is 10.0 Å². The predicted molar refractivity (Wildman–Crippen MR) is 101 cm³/mol. The number of nitrogens with one attached hydrogen (secondary N) is 2. The molecular formula is C18H17N3O5S. The minimum absolute atomic E-state index is 0.197. The van der Waals surface area contributed by atoms with Gasteiger partial charge in [0, 0.05) is 11.8 Å². The zero-order valence-corrected chi connectivity index (χ0v) is 15.1. The van der Waals surface area contributed by atoms with Gasteiger partial charge in [-0.3, -0.25) is 14.8 Å². The number of hydrogen-bond acceptors (Lipinski definition) is 6. The van der Waals surface area contributed by atoms with Crippen molar-refractivity contribution in [3.05, 3.63) is 82.8 Å². The molecule has 0 fully saturated rings. The second-order valence-electron chi connectivity index (χ2n) is 5.79. The fourth-order valence-electron chi connectivity index (χ4n) is 2.51. The molecule has 3 rings (SSSR count). The Balaban J connectivity index is 1.90. The number of nitro groups is 1. The van der Waals surface area contributed by atoms with Crippen molar-refractivity contribution in [1.29, 1.82) is 0 Å². The largest absolute Gasteiger partial charge is 0.467 e. The van der Waals surface area contributed by atoms with Crippen LogP contribution in [0.4, 0.5) is 17.1 Å². The molecule has 27 heavy (non-hydrogen) atoms. The molecule has 9 heteroatoms. The van der Waals surface area contributed by atoms with Crippen LogP contribution in [0.3, 0.4) is 0 Å². The maximum Gasteiger partial charge on any atom is 0.293 e. The molecule has 1 aromatic heterocycles. The van der Waals surface area contributed by atoms with Gasteiger partial charge in [0.2, 0.25) is 0 Å². The number of nitro benzene ring substituents is 1. The second-order valence-corrected chi connectivity index (χ2v) is 7.47. The molecule has 140 valence electrons. The van der Waals surface area contributed by atoms with E-state index in [4.69, 9.17) is 4.42 Å². The van der Waals surface area contributed by atoms with E-state index in [9.17, 15) is 18.5 Å². The molecule has 2 aromatic carbocycles. The summed E-state index contributed by atoms with van der Waals surface area (Å²) in [6.45, 7) is 1.78. The minimum Gasteiger partial charge on any atom is -0.467 e. The van der Waals surface area contributed by atoms with Crippen molar-refractivity contribution >= 4 is 27.1 Å². The molecular weight excluding hydrogens is 370 g/mol. The summed E-state index contributed by atoms with van der Waals surface area (Å²) in [5, 5.41) is 14.4. The first kappa shape index (κ1) is 18.5. The van der Waals surface area contributed by atoms with Crippen LogP contribution in [0.5, 0.6) is 0 Å². The third kappa shape index (κ3) is 4.26. The van der Waals surface area contributed by atoms with Crippen LogP contribution in [0.2, 0.25) is 0 Å². The van der Waals surface area contributed by atoms with Gasteiger partial charge in [0.1, 0.15) is 11.4 Å². The molecule has 0 aliphatic carbocycles. The van der Waals surface area contributed by atoms with Gasteiger partial charge in [-0.2, -0.15) is 0 Å². The molecule has 8 nitrogen and oxygen atoms in total. The Morgan fingerprint density at radius 2 is 1.81 bits per heavy atom. The van der Waals surface area contributed by atoms with Gasteiger partial charge in [-0.1, -0.05) is 18.2 Å². The van der Waals surface area contributed by atoms with Gasteiger partial charge >= 0.3 is 0 Å². The fraction of sp³-hybridized carbons (Fsp3) is 0.111. The average Bonchev–Trinajstić information content (AvgIpc) is 3.17. The molecule has 0 saturated carbocycles. The van der Waals surface area contributed by atoms with Crippen molar-refractivity contribution in [2.75, 3.05) is 10.0 Å². The van der Waals surface area contributed by atoms with Crippen molar-refractivity contribution < 1.29 is 17.8 Å². The summed E-state index contributed by atoms with van der Waals surface area (Å²) in [4.78, 5) is 10.6. The molecule has 0 saturated heterocycles. The smallest absolute Gasteiger partial charge is 0.293 e. The van der Waals surface area contributed by atoms with Crippen LogP contribution in [-0.4, -0.2) is 13.3 Å². The minimum atomic E-state index is -3.96. The maximum atomic E-state index is 12.5. The summed E-state index contributed by atoms with van der Waals surface area (Å²) in [6.07, 6.45) is 1.51. The van der Waals surface area contributed by atoms with E-state index in [0.29, 0.717) is 11.4 Å². The molecule has 2 N–H and O–H groups in total. The van der Waals surface area contributed by atoms with Crippen LogP contribution in [0.15, 0.2) is 76.2 Å². The van der Waals surface area contributed by atoms with Crippen LogP contribution >= 0.6 is 0 Å². The number of nitrogens with zero attached hydrogens (tertiary/aromatic N) is 1. The quantitative estimate of drug-likeness (QED) is 0.465. The van der Waals surface area contributed by atoms with Gasteiger partial charge in [0.05, 0.1) is 22.1 Å². The Morgan fingerprint density at radius 3 is 2.44 bits per heavy atom. The summed E-state index contributed by atoms with van der Waals surface area (Å²) >= 11 is 0. The van der Waals surface area contributed by atoms with E-state index in [2.05, 4.69) is 10.0 Å². The normalized spacial score (nSPS) is 12.3. The van der Waals surface area contributed by atoms with Crippen molar-refractivity contribution in [1.82, 2.24) is 0 Å². The lowest BCUT2D eigenvalue weighted by Gasteiger charge is -2.14. The van der Waals surface area contributed by atoms with E-state index >= 15 is 0 Å². The maximum absolute atomic E-state index is 12.5. The number of benzene rings is 2. The second kappa shape index (κ2) is 7.50. The fourth-order valence-corrected chi connectivity index (χ4v) is 3.59. The van der Waals surface area contributed by atoms with Crippen molar-refractivity contribution in [3.8, 4) is 0 Å². The van der Waals surface area contributed by atoms with Gasteiger partial charge in [-0.25, -0.2) is 8.42 Å². The van der Waals surface area contributed by atoms with Crippen LogP contribution in [0, 0.1) is 10.1 Å². The molecule has 3 aromatic rings. The molecule has 1 atom stereocenters. The molecule has 1 heterocycles. The highest BCUT2D eigenvalue weighted by Crippen LogP contribution is 2.31. The highest BCUT2D eigenvalue weighted by molar-refractivity contribution is 7.92. The predicted octanol–water partition coefficient (Wildman–Crippen LogP) is 4.16. The van der Waals surface area contributed by atoms with Gasteiger partial charge < -0.3 is 9.73 Å². The van der Waals surface area contributed by atoms with Gasteiger partial charge in [0.25, 0.3) is 15.7 Å². The van der Waals surface area contributed by atoms with Crippen molar-refractivity contribution in [2.24, 2.45) is 0 Å². The van der Waals surface area contributed by atoms with E-state index in [0.717, 1.165) is 6.07 Å². The molecule has 0 radical (unpaired) electrons. The lowest BCUT2D eigenvalue weighted by atomic mass is 10.2. The van der Waals surface area contributed by atoms with E-state index in [1.54, 1.807) is 49.4 Å². The van der Waals surface area contributed by atoms with Gasteiger partial charge in [-0.05, 0) is 43.3 Å². The summed E-state index contributed by atoms with van der Waals surface area (Å²) in [5.74, 6) is 0.603. The Morgan fingerprint density at radius 1 is 1.07 bits per heavy atom. The first-order valence-electron chi connectivity index (χ1n) is 8.03. The number of rotatable bonds is 7. The van der Waals surface area contributed by atoms with Crippen molar-refractivity contribution in [2.45, 2.75) is 17.9 Å². The Kier molecular flexibility index (Phi) is 5.13. The highest BCUT2D eigenvalue weighted by atomic mass is 32.2. The number of sulfonamides is 1. The standard InChI is InChI=1S/C18H17N3O5S/c1-13(18-8-5-11-26-18)19-16-10-9-15(12-17(16)21(22)23)27(24,25)20-14-6-3-2-4-7-14/h2-13,19-20H,1H3/t13-/m1/s1. The van der Waals surface area contributed by atoms with Gasteiger partial charge in [0.15, 0.2) is 0 Å². The van der Waals surface area contributed by atoms with Gasteiger partial charge in [-0.15, -0.1) is 0 Å². The van der Waals surface area contributed by atoms with Crippen molar-refractivity contribution in [3.63, 3.8) is 0 Å². The van der Waals surface area contributed by atoms with Crippen LogP contribution in [-0.2, 0) is 10.0 Å². The lowest BCUT2D eigenvalue weighted by Crippen LogP contribution is -2.14. The monoisotopic (exact) mass is 387 g/mol. The first-order valence-corrected chi connectivity index (χ1v) is 9.51. The summed E-state index contributed by atoms with van der Waals surface area (Å²) in [5.41, 5.74) is 0.223. The topological polar surface area (TPSA) is 114 Å². The molecule has 0 aliphatic heterocycles. The van der Waals surface area contributed by atoms with Crippen LogP contribution in [0.1, 0.15) is 18.7 Å². The van der Waals surface area contributed by atoms with E-state index < -0.39 is 14.9 Å². The third-order valence-electron chi connectivity index (χ3n) is 3.84. The number of hydrogen-bond donors (Lipinski definition) is 2. The molecule has 0 amide bonds. The zero-order valence-electron chi connectivity index (χ0n) is 14.3. The van der Waals surface area contributed by atoms with E-state index in [1.165, 1.54) is 18.4 Å². The van der Waals surface area contributed by atoms with Crippen LogP contribution in [0.25, 0.3) is 0 Å². The Bertz CT molecular complexity index is 1030. The average molecular weight is 387 g/mol. The zero-order chi connectivity index (χ0) is 19.4. The third-order valence-corrected chi connectivity index (χ3v) is 5.22. The molecule has 0 spiro atoms. The number of furan rings is 1.